The number of anilines is 1. The van der Waals surface area contributed by atoms with Crippen LogP contribution >= 0.6 is 0 Å². The Morgan fingerprint density at radius 3 is 2.16 bits per heavy atom. The van der Waals surface area contributed by atoms with E-state index in [1.807, 2.05) is 26.0 Å². The Hall–Kier alpha value is -4.92. The molecule has 3 aromatic rings. The largest absolute Gasteiger partial charge is 0.271 e. The number of hydrogen-bond donors (Lipinski definition) is 0. The van der Waals surface area contributed by atoms with E-state index in [1.165, 1.54) is 10.6 Å². The summed E-state index contributed by atoms with van der Waals surface area (Å²) in [4.78, 5) is 42.0. The van der Waals surface area contributed by atoms with Gasteiger partial charge in [0.05, 0.1) is 17.4 Å². The molecule has 3 amide bonds. The number of carbonyl (C=O) groups excluding carboxylic acids is 3. The molecule has 9 heteroatoms. The first kappa shape index (κ1) is 27.9. The van der Waals surface area contributed by atoms with E-state index in [2.05, 4.69) is 71.9 Å². The van der Waals surface area contributed by atoms with Crippen LogP contribution in [0.4, 0.5) is 5.69 Å². The van der Waals surface area contributed by atoms with Gasteiger partial charge in [-0.25, -0.2) is 9.91 Å². The molecule has 0 spiro atoms. The third-order valence-electron chi connectivity index (χ3n) is 9.04. The van der Waals surface area contributed by atoms with Crippen molar-refractivity contribution in [1.29, 1.82) is 0 Å². The first-order valence-corrected chi connectivity index (χ1v) is 15.1. The Bertz CT molecular complexity index is 1730. The molecule has 0 bridgehead atoms. The van der Waals surface area contributed by atoms with Gasteiger partial charge in [0.15, 0.2) is 12.1 Å². The fourth-order valence-electron chi connectivity index (χ4n) is 6.68. The lowest BCUT2D eigenvalue weighted by Crippen LogP contribution is -2.45. The Kier molecular flexibility index (Phi) is 6.95. The molecule has 4 atom stereocenters. The average molecular weight is 587 g/mol. The lowest BCUT2D eigenvalue weighted by Gasteiger charge is -2.30. The number of benzene rings is 3. The Balaban J connectivity index is 1.18. The summed E-state index contributed by atoms with van der Waals surface area (Å²) in [7, 11) is 0. The minimum atomic E-state index is -0.971. The second kappa shape index (κ2) is 11.0. The molecule has 0 unspecified atom stereocenters. The van der Waals surface area contributed by atoms with Crippen LogP contribution < -0.4 is 4.90 Å². The van der Waals surface area contributed by atoms with Gasteiger partial charge in [0.1, 0.15) is 6.54 Å². The van der Waals surface area contributed by atoms with Crippen LogP contribution in [0, 0.1) is 26.7 Å². The first-order valence-electron chi connectivity index (χ1n) is 15.1. The Morgan fingerprint density at radius 2 is 1.48 bits per heavy atom. The zero-order valence-electron chi connectivity index (χ0n) is 25.1. The Labute approximate surface area is 256 Å². The molecule has 9 nitrogen and oxygen atoms in total. The fourth-order valence-corrected chi connectivity index (χ4v) is 6.68. The summed E-state index contributed by atoms with van der Waals surface area (Å²) in [6.45, 7) is 5.84. The molecule has 1 saturated carbocycles. The highest BCUT2D eigenvalue weighted by Crippen LogP contribution is 2.45. The summed E-state index contributed by atoms with van der Waals surface area (Å²) < 4.78 is 0. The van der Waals surface area contributed by atoms with Crippen LogP contribution in [0.1, 0.15) is 53.1 Å². The maximum Gasteiger partial charge on any atom is 0.264 e. The number of amides is 3. The van der Waals surface area contributed by atoms with Crippen molar-refractivity contribution in [2.75, 3.05) is 11.4 Å². The van der Waals surface area contributed by atoms with E-state index in [4.69, 9.17) is 5.10 Å². The van der Waals surface area contributed by atoms with E-state index < -0.39 is 23.9 Å². The van der Waals surface area contributed by atoms with Gasteiger partial charge in [-0.05, 0) is 74.9 Å². The van der Waals surface area contributed by atoms with E-state index in [1.54, 1.807) is 17.1 Å². The topological polar surface area (TPSA) is 98.0 Å². The molecular weight excluding hydrogens is 552 g/mol. The number of aryl methyl sites for hydroxylation is 3. The van der Waals surface area contributed by atoms with Gasteiger partial charge in [-0.3, -0.25) is 19.4 Å². The minimum Gasteiger partial charge on any atom is -0.271 e. The van der Waals surface area contributed by atoms with E-state index >= 15 is 0 Å². The van der Waals surface area contributed by atoms with Crippen molar-refractivity contribution in [2.24, 2.45) is 21.4 Å². The van der Waals surface area contributed by atoms with Crippen molar-refractivity contribution in [1.82, 2.24) is 10.0 Å². The van der Waals surface area contributed by atoms with E-state index in [-0.39, 0.29) is 24.4 Å². The van der Waals surface area contributed by atoms with Crippen molar-refractivity contribution in [3.8, 4) is 0 Å². The van der Waals surface area contributed by atoms with Crippen LogP contribution in [0.3, 0.4) is 0 Å². The fraction of sp³-hybridized carbons (Fsp3) is 0.314. The van der Waals surface area contributed by atoms with E-state index in [0.717, 1.165) is 57.7 Å². The van der Waals surface area contributed by atoms with Crippen molar-refractivity contribution < 1.29 is 14.4 Å². The number of imide groups is 1. The highest BCUT2D eigenvalue weighted by molar-refractivity contribution is 6.25. The second-order valence-electron chi connectivity index (χ2n) is 12.2. The summed E-state index contributed by atoms with van der Waals surface area (Å²) in [6, 6.07) is 21.7. The van der Waals surface area contributed by atoms with Crippen molar-refractivity contribution in [3.05, 3.63) is 106 Å². The number of rotatable bonds is 5. The van der Waals surface area contributed by atoms with Crippen LogP contribution in [-0.2, 0) is 14.4 Å². The van der Waals surface area contributed by atoms with Gasteiger partial charge in [-0.15, -0.1) is 0 Å². The molecule has 7 rings (SSSR count). The van der Waals surface area contributed by atoms with E-state index in [0.29, 0.717) is 5.69 Å². The number of fused-ring (bicyclic) bond motifs is 2. The summed E-state index contributed by atoms with van der Waals surface area (Å²) in [5.74, 6) is -1.10. The first-order chi connectivity index (χ1) is 21.3. The predicted molar refractivity (Wildman–Crippen MR) is 168 cm³/mol. The van der Waals surface area contributed by atoms with Gasteiger partial charge >= 0.3 is 0 Å². The predicted octanol–water partition coefficient (Wildman–Crippen LogP) is 5.73. The van der Waals surface area contributed by atoms with E-state index in [9.17, 15) is 14.4 Å². The summed E-state index contributed by atoms with van der Waals surface area (Å²) in [5.41, 5.74) is 8.06. The third kappa shape index (κ3) is 4.82. The van der Waals surface area contributed by atoms with Gasteiger partial charge in [0.2, 0.25) is 0 Å². The van der Waals surface area contributed by atoms with Crippen LogP contribution in [0.25, 0.3) is 6.08 Å². The molecular formula is C35H34N6O3. The molecule has 3 heterocycles. The monoisotopic (exact) mass is 586 g/mol. The smallest absolute Gasteiger partial charge is 0.264 e. The highest BCUT2D eigenvalue weighted by atomic mass is 16.2. The zero-order chi connectivity index (χ0) is 30.5. The molecule has 1 aliphatic carbocycles. The highest BCUT2D eigenvalue weighted by Gasteiger charge is 2.55. The maximum absolute atomic E-state index is 14.1. The van der Waals surface area contributed by atoms with Gasteiger partial charge in [0, 0.05) is 5.92 Å². The van der Waals surface area contributed by atoms with Crippen molar-refractivity contribution in [2.45, 2.75) is 58.2 Å². The van der Waals surface area contributed by atoms with Crippen molar-refractivity contribution >= 4 is 35.2 Å². The molecule has 4 aliphatic rings. The molecule has 0 N–H and O–H groups in total. The zero-order valence-corrected chi connectivity index (χ0v) is 25.1. The molecule has 0 radical (unpaired) electrons. The van der Waals surface area contributed by atoms with Crippen molar-refractivity contribution in [3.63, 3.8) is 0 Å². The lowest BCUT2D eigenvalue weighted by atomic mass is 9.77. The standard InChI is InChI=1S/C35H34N6O3/c1-21-7-13-24(14-8-21)19-26-5-4-6-28-30(26)37-41(32(28)25-15-9-22(2)10-16-25)29(42)20-39-33-31(36-38-39)34(43)40(35(33)44)27-17-11-23(3)12-18-27/h7-19,28,31-33H,4-6,20H2,1-3H3/b26-19-/t28-,31+,32-,33-/m1/s1. The van der Waals surface area contributed by atoms with Gasteiger partial charge in [-0.2, -0.15) is 10.2 Å². The van der Waals surface area contributed by atoms with Crippen LogP contribution in [0.15, 0.2) is 93.8 Å². The summed E-state index contributed by atoms with van der Waals surface area (Å²) in [6.07, 6.45) is 4.99. The van der Waals surface area contributed by atoms with Gasteiger partial charge in [-0.1, -0.05) is 82.6 Å². The second-order valence-corrected chi connectivity index (χ2v) is 12.2. The number of hydrazone groups is 1. The SMILES string of the molecule is Cc1ccc(/C=C2/CCC[C@@H]3C2=NN(C(=O)CN2N=N[C@@H]4C(=O)N(c5ccc(C)cc5)C(=O)[C@@H]42)[C@@H]3c2ccc(C)cc2)cc1. The number of hydrogen-bond acceptors (Lipinski definition) is 7. The third-order valence-corrected chi connectivity index (χ3v) is 9.04. The molecule has 1 saturated heterocycles. The van der Waals surface area contributed by atoms with Gasteiger partial charge < -0.3 is 0 Å². The van der Waals surface area contributed by atoms with Crippen LogP contribution in [0.2, 0.25) is 0 Å². The Morgan fingerprint density at radius 1 is 0.841 bits per heavy atom. The molecule has 2 fully saturated rings. The molecule has 0 aromatic heterocycles. The number of carbonyl (C=O) groups is 3. The number of allylic oxidation sites excluding steroid dienone is 1. The van der Waals surface area contributed by atoms with Gasteiger partial charge in [0.25, 0.3) is 17.7 Å². The normalized spacial score (nSPS) is 25.1. The lowest BCUT2D eigenvalue weighted by molar-refractivity contribution is -0.136. The minimum absolute atomic E-state index is 0.0479. The van der Waals surface area contributed by atoms with Crippen LogP contribution in [-0.4, -0.2) is 52.1 Å². The maximum atomic E-state index is 14.1. The summed E-state index contributed by atoms with van der Waals surface area (Å²) in [5, 5.41) is 16.2. The van der Waals surface area contributed by atoms with Crippen LogP contribution in [0.5, 0.6) is 0 Å². The quantitative estimate of drug-likeness (QED) is 0.357. The molecule has 44 heavy (non-hydrogen) atoms. The number of nitrogens with zero attached hydrogens (tertiary/aromatic N) is 6. The molecule has 222 valence electrons. The molecule has 3 aromatic carbocycles. The molecule has 3 aliphatic heterocycles. The average Bonchev–Trinajstić information content (AvgIpc) is 3.69. The summed E-state index contributed by atoms with van der Waals surface area (Å²) >= 11 is 0.